The molecular weight excluding hydrogens is 259 g/mol. The second-order valence-corrected chi connectivity index (χ2v) is 4.72. The second-order valence-electron chi connectivity index (χ2n) is 4.72. The summed E-state index contributed by atoms with van der Waals surface area (Å²) >= 11 is 0. The largest absolute Gasteiger partial charge is 0.423 e. The van der Waals surface area contributed by atoms with E-state index in [1.54, 1.807) is 31.0 Å². The van der Waals surface area contributed by atoms with Crippen molar-refractivity contribution in [2.75, 3.05) is 6.54 Å². The molecule has 2 aromatic rings. The molecule has 1 atom stereocenters. The minimum atomic E-state index is -0.244. The molecule has 6 heteroatoms. The molecule has 0 amide bonds. The Kier molecular flexibility index (Phi) is 4.34. The lowest BCUT2D eigenvalue weighted by Gasteiger charge is -2.17. The normalized spacial score (nSPS) is 12.4. The van der Waals surface area contributed by atoms with Crippen LogP contribution in [0.15, 0.2) is 18.5 Å². The zero-order valence-electron chi connectivity index (χ0n) is 12.1. The number of nitrogens with zero attached hydrogens (tertiary/aromatic N) is 3. The van der Waals surface area contributed by atoms with Gasteiger partial charge in [0.05, 0.1) is 0 Å². The summed E-state index contributed by atoms with van der Waals surface area (Å²) in [6.07, 6.45) is 1.55. The summed E-state index contributed by atoms with van der Waals surface area (Å²) in [5.74, 6) is 0.328. The van der Waals surface area contributed by atoms with Gasteiger partial charge < -0.3 is 10.1 Å². The van der Waals surface area contributed by atoms with Crippen molar-refractivity contribution in [3.8, 4) is 11.8 Å². The summed E-state index contributed by atoms with van der Waals surface area (Å²) in [7, 11) is 1.76. The molecule has 108 valence electrons. The van der Waals surface area contributed by atoms with Gasteiger partial charge in [-0.05, 0) is 38.1 Å². The lowest BCUT2D eigenvalue weighted by molar-refractivity contribution is 0.423. The highest BCUT2D eigenvalue weighted by atomic mass is 19.1. The highest BCUT2D eigenvalue weighted by Crippen LogP contribution is 2.30. The molecule has 1 N–H and O–H groups in total. The van der Waals surface area contributed by atoms with E-state index in [1.165, 1.54) is 6.07 Å². The number of aromatic nitrogens is 3. The van der Waals surface area contributed by atoms with E-state index in [1.807, 2.05) is 13.8 Å². The van der Waals surface area contributed by atoms with Gasteiger partial charge >= 0.3 is 6.01 Å². The van der Waals surface area contributed by atoms with Gasteiger partial charge in [0.25, 0.3) is 0 Å². The molecule has 1 unspecified atom stereocenters. The minimum Gasteiger partial charge on any atom is -0.423 e. The molecule has 1 aromatic carbocycles. The first-order valence-corrected chi connectivity index (χ1v) is 6.58. The Hall–Kier alpha value is -1.95. The number of rotatable bonds is 5. The molecule has 0 fully saturated rings. The highest BCUT2D eigenvalue weighted by molar-refractivity contribution is 5.41. The fourth-order valence-electron chi connectivity index (χ4n) is 1.98. The van der Waals surface area contributed by atoms with Crippen molar-refractivity contribution in [2.24, 2.45) is 7.05 Å². The van der Waals surface area contributed by atoms with Crippen molar-refractivity contribution in [3.05, 3.63) is 35.4 Å². The van der Waals surface area contributed by atoms with E-state index < -0.39 is 0 Å². The van der Waals surface area contributed by atoms with E-state index in [4.69, 9.17) is 4.74 Å². The Bertz CT molecular complexity index is 597. The molecule has 1 aromatic heterocycles. The molecule has 2 rings (SSSR count). The van der Waals surface area contributed by atoms with Crippen LogP contribution in [0.4, 0.5) is 4.39 Å². The number of halogens is 1. The molecule has 0 bridgehead atoms. The molecule has 0 spiro atoms. The van der Waals surface area contributed by atoms with Crippen LogP contribution in [0, 0.1) is 12.7 Å². The number of ether oxygens (including phenoxy) is 1. The van der Waals surface area contributed by atoms with E-state index in [2.05, 4.69) is 15.4 Å². The van der Waals surface area contributed by atoms with Crippen LogP contribution in [0.2, 0.25) is 0 Å². The van der Waals surface area contributed by atoms with Gasteiger partial charge in [-0.2, -0.15) is 4.98 Å². The summed E-state index contributed by atoms with van der Waals surface area (Å²) < 4.78 is 21.0. The van der Waals surface area contributed by atoms with Gasteiger partial charge in [0.2, 0.25) is 0 Å². The molecule has 0 aliphatic heterocycles. The molecule has 5 nitrogen and oxygen atoms in total. The highest BCUT2D eigenvalue weighted by Gasteiger charge is 2.16. The van der Waals surface area contributed by atoms with Crippen molar-refractivity contribution >= 4 is 0 Å². The number of hydrogen-bond acceptors (Lipinski definition) is 4. The SMILES string of the molecule is CCNC(C)c1cc(F)c(C)cc1Oc1ncn(C)n1. The Labute approximate surface area is 117 Å². The number of benzene rings is 1. The zero-order chi connectivity index (χ0) is 14.7. The summed E-state index contributed by atoms with van der Waals surface area (Å²) in [5.41, 5.74) is 1.28. The maximum absolute atomic E-state index is 13.8. The Morgan fingerprint density at radius 1 is 1.45 bits per heavy atom. The average Bonchev–Trinajstić information content (AvgIpc) is 2.79. The first-order valence-electron chi connectivity index (χ1n) is 6.58. The van der Waals surface area contributed by atoms with Crippen molar-refractivity contribution in [1.82, 2.24) is 20.1 Å². The van der Waals surface area contributed by atoms with Crippen LogP contribution in [-0.4, -0.2) is 21.3 Å². The Morgan fingerprint density at radius 2 is 2.20 bits per heavy atom. The van der Waals surface area contributed by atoms with E-state index in [-0.39, 0.29) is 17.9 Å². The van der Waals surface area contributed by atoms with Gasteiger partial charge in [-0.1, -0.05) is 6.92 Å². The monoisotopic (exact) mass is 278 g/mol. The van der Waals surface area contributed by atoms with Gasteiger partial charge in [0.15, 0.2) is 0 Å². The Morgan fingerprint density at radius 3 is 2.80 bits per heavy atom. The first kappa shape index (κ1) is 14.5. The lowest BCUT2D eigenvalue weighted by Crippen LogP contribution is -2.18. The van der Waals surface area contributed by atoms with Crippen LogP contribution in [0.25, 0.3) is 0 Å². The summed E-state index contributed by atoms with van der Waals surface area (Å²) in [5, 5.41) is 7.32. The molecule has 0 aliphatic carbocycles. The fraction of sp³-hybridized carbons (Fsp3) is 0.429. The maximum atomic E-state index is 13.8. The van der Waals surface area contributed by atoms with Gasteiger partial charge in [-0.3, -0.25) is 4.68 Å². The lowest BCUT2D eigenvalue weighted by atomic mass is 10.0. The van der Waals surface area contributed by atoms with Crippen molar-refractivity contribution in [1.29, 1.82) is 0 Å². The predicted octanol–water partition coefficient (Wildman–Crippen LogP) is 2.73. The third kappa shape index (κ3) is 3.14. The van der Waals surface area contributed by atoms with Gasteiger partial charge in [0, 0.05) is 18.7 Å². The maximum Gasteiger partial charge on any atom is 0.340 e. The van der Waals surface area contributed by atoms with Crippen LogP contribution in [-0.2, 0) is 7.05 Å². The van der Waals surface area contributed by atoms with Crippen LogP contribution in [0.3, 0.4) is 0 Å². The molecule has 0 saturated carbocycles. The van der Waals surface area contributed by atoms with Crippen LogP contribution in [0.1, 0.15) is 31.0 Å². The molecule has 1 heterocycles. The minimum absolute atomic E-state index is 0.0196. The standard InChI is InChI=1S/C14H19FN4O/c1-5-16-10(3)11-7-12(15)9(2)6-13(11)20-14-17-8-19(4)18-14/h6-8,10,16H,5H2,1-4H3. The van der Waals surface area contributed by atoms with Crippen molar-refractivity contribution < 1.29 is 9.13 Å². The van der Waals surface area contributed by atoms with Crippen LogP contribution < -0.4 is 10.1 Å². The van der Waals surface area contributed by atoms with Crippen molar-refractivity contribution in [2.45, 2.75) is 26.8 Å². The molecule has 0 radical (unpaired) electrons. The van der Waals surface area contributed by atoms with E-state index in [9.17, 15) is 4.39 Å². The zero-order valence-corrected chi connectivity index (χ0v) is 12.1. The van der Waals surface area contributed by atoms with E-state index >= 15 is 0 Å². The third-order valence-corrected chi connectivity index (χ3v) is 3.05. The molecule has 0 saturated heterocycles. The summed E-state index contributed by atoms with van der Waals surface area (Å²) in [6, 6.07) is 3.41. The first-order chi connectivity index (χ1) is 9.51. The molecular formula is C14H19FN4O. The number of aryl methyl sites for hydroxylation is 2. The summed E-state index contributed by atoms with van der Waals surface area (Å²) in [6.45, 7) is 6.46. The van der Waals surface area contributed by atoms with Crippen LogP contribution >= 0.6 is 0 Å². The number of hydrogen-bond donors (Lipinski definition) is 1. The second kappa shape index (κ2) is 6.00. The predicted molar refractivity (Wildman–Crippen MR) is 74.3 cm³/mol. The van der Waals surface area contributed by atoms with Gasteiger partial charge in [-0.15, -0.1) is 5.10 Å². The topological polar surface area (TPSA) is 52.0 Å². The number of nitrogens with one attached hydrogen (secondary N) is 1. The molecule has 20 heavy (non-hydrogen) atoms. The Balaban J connectivity index is 2.36. The van der Waals surface area contributed by atoms with E-state index in [0.29, 0.717) is 11.3 Å². The quantitative estimate of drug-likeness (QED) is 0.913. The van der Waals surface area contributed by atoms with Crippen molar-refractivity contribution in [3.63, 3.8) is 0 Å². The molecule has 0 aliphatic rings. The van der Waals surface area contributed by atoms with Gasteiger partial charge in [-0.25, -0.2) is 4.39 Å². The van der Waals surface area contributed by atoms with E-state index in [0.717, 1.165) is 12.1 Å². The summed E-state index contributed by atoms with van der Waals surface area (Å²) in [4.78, 5) is 4.03. The smallest absolute Gasteiger partial charge is 0.340 e. The average molecular weight is 278 g/mol. The van der Waals surface area contributed by atoms with Crippen LogP contribution in [0.5, 0.6) is 11.8 Å². The van der Waals surface area contributed by atoms with Gasteiger partial charge in [0.1, 0.15) is 17.9 Å². The fourth-order valence-corrected chi connectivity index (χ4v) is 1.98. The third-order valence-electron chi connectivity index (χ3n) is 3.05.